The molecule has 0 spiro atoms. The van der Waals surface area contributed by atoms with Crippen LogP contribution in [0.4, 0.5) is 11.4 Å². The van der Waals surface area contributed by atoms with Gasteiger partial charge in [-0.3, -0.25) is 14.8 Å². The van der Waals surface area contributed by atoms with Crippen LogP contribution in [0.25, 0.3) is 0 Å². The van der Waals surface area contributed by atoms with Gasteiger partial charge in [0.05, 0.1) is 16.4 Å². The molecule has 2 rings (SSSR count). The Morgan fingerprint density at radius 2 is 1.71 bits per heavy atom. The summed E-state index contributed by atoms with van der Waals surface area (Å²) in [6.07, 6.45) is 0. The van der Waals surface area contributed by atoms with Crippen LogP contribution in [0.1, 0.15) is 5.56 Å². The number of para-hydroxylation sites is 1. The number of nitro benzene ring substituents is 1. The molecule has 0 saturated carbocycles. The van der Waals surface area contributed by atoms with Gasteiger partial charge in [-0.25, -0.2) is 8.42 Å². The lowest BCUT2D eigenvalue weighted by molar-refractivity contribution is -0.384. The second kappa shape index (κ2) is 6.39. The number of non-ortho nitro benzene ring substituents is 1. The molecule has 0 bridgehead atoms. The fourth-order valence-corrected chi connectivity index (χ4v) is 3.60. The van der Waals surface area contributed by atoms with Crippen molar-refractivity contribution in [1.82, 2.24) is 0 Å². The number of rotatable bonds is 5. The van der Waals surface area contributed by atoms with Crippen LogP contribution in [0.2, 0.25) is 0 Å². The summed E-state index contributed by atoms with van der Waals surface area (Å²) in [5.41, 5.74) is 0.931. The van der Waals surface area contributed by atoms with Crippen LogP contribution in [0.5, 0.6) is 0 Å². The Morgan fingerprint density at radius 3 is 2.29 bits per heavy atom. The van der Waals surface area contributed by atoms with E-state index in [4.69, 9.17) is 0 Å². The SMILES string of the molecule is O=[N+]([O-])c1ccc(CS(=O)(=O)Nc2ccccc2I)cc1. The lowest BCUT2D eigenvalue weighted by Crippen LogP contribution is -2.15. The van der Waals surface area contributed by atoms with E-state index >= 15 is 0 Å². The molecule has 2 aromatic carbocycles. The maximum atomic E-state index is 12.1. The molecule has 0 unspecified atom stereocenters. The van der Waals surface area contributed by atoms with Gasteiger partial charge in [0.15, 0.2) is 0 Å². The molecule has 0 fully saturated rings. The van der Waals surface area contributed by atoms with Gasteiger partial charge in [-0.1, -0.05) is 24.3 Å². The number of benzene rings is 2. The van der Waals surface area contributed by atoms with Gasteiger partial charge in [-0.15, -0.1) is 0 Å². The molecule has 0 saturated heterocycles. The molecule has 21 heavy (non-hydrogen) atoms. The quantitative estimate of drug-likeness (QED) is 0.459. The summed E-state index contributed by atoms with van der Waals surface area (Å²) in [7, 11) is -3.57. The summed E-state index contributed by atoms with van der Waals surface area (Å²) >= 11 is 2.04. The van der Waals surface area contributed by atoms with Crippen LogP contribution < -0.4 is 4.72 Å². The van der Waals surface area contributed by atoms with Crippen molar-refractivity contribution in [2.45, 2.75) is 5.75 Å². The number of anilines is 1. The fourth-order valence-electron chi connectivity index (χ4n) is 1.68. The molecule has 0 aliphatic heterocycles. The van der Waals surface area contributed by atoms with Gasteiger partial charge in [0.1, 0.15) is 0 Å². The van der Waals surface area contributed by atoms with Crippen molar-refractivity contribution in [3.05, 3.63) is 67.8 Å². The molecule has 8 heteroatoms. The molecule has 110 valence electrons. The van der Waals surface area contributed by atoms with E-state index < -0.39 is 14.9 Å². The molecular formula is C13H11IN2O4S. The molecule has 2 aromatic rings. The third-order valence-corrected chi connectivity index (χ3v) is 4.83. The molecule has 0 heterocycles. The topological polar surface area (TPSA) is 89.3 Å². The zero-order valence-electron chi connectivity index (χ0n) is 10.7. The lowest BCUT2D eigenvalue weighted by atomic mass is 10.2. The summed E-state index contributed by atoms with van der Waals surface area (Å²) in [6.45, 7) is 0. The Balaban J connectivity index is 2.14. The average Bonchev–Trinajstić information content (AvgIpc) is 2.41. The first kappa shape index (κ1) is 15.7. The minimum absolute atomic E-state index is 0.0679. The summed E-state index contributed by atoms with van der Waals surface area (Å²) in [5, 5.41) is 10.6. The van der Waals surface area contributed by atoms with Gasteiger partial charge in [0.25, 0.3) is 5.69 Å². The monoisotopic (exact) mass is 418 g/mol. The lowest BCUT2D eigenvalue weighted by Gasteiger charge is -2.09. The Hall–Kier alpha value is -1.68. The number of hydrogen-bond acceptors (Lipinski definition) is 4. The van der Waals surface area contributed by atoms with E-state index in [0.29, 0.717) is 11.3 Å². The second-order valence-corrected chi connectivity index (χ2v) is 7.15. The summed E-state index contributed by atoms with van der Waals surface area (Å²) in [4.78, 5) is 10.0. The number of halogens is 1. The molecule has 0 radical (unpaired) electrons. The van der Waals surface area contributed by atoms with E-state index in [0.717, 1.165) is 3.57 Å². The highest BCUT2D eigenvalue weighted by atomic mass is 127. The zero-order chi connectivity index (χ0) is 15.5. The van der Waals surface area contributed by atoms with Crippen LogP contribution in [0, 0.1) is 13.7 Å². The third kappa shape index (κ3) is 4.39. The number of nitrogens with zero attached hydrogens (tertiary/aromatic N) is 1. The van der Waals surface area contributed by atoms with Gasteiger partial charge in [0, 0.05) is 15.7 Å². The van der Waals surface area contributed by atoms with Gasteiger partial charge in [0.2, 0.25) is 10.0 Å². The van der Waals surface area contributed by atoms with Gasteiger partial charge >= 0.3 is 0 Å². The predicted molar refractivity (Wildman–Crippen MR) is 88.5 cm³/mol. The van der Waals surface area contributed by atoms with Crippen molar-refractivity contribution in [2.75, 3.05) is 4.72 Å². The van der Waals surface area contributed by atoms with Crippen LogP contribution in [0.15, 0.2) is 48.5 Å². The van der Waals surface area contributed by atoms with E-state index in [1.54, 1.807) is 18.2 Å². The van der Waals surface area contributed by atoms with Gasteiger partial charge < -0.3 is 0 Å². The molecule has 6 nitrogen and oxygen atoms in total. The van der Waals surface area contributed by atoms with E-state index in [9.17, 15) is 18.5 Å². The first-order valence-corrected chi connectivity index (χ1v) is 8.59. The van der Waals surface area contributed by atoms with Gasteiger partial charge in [-0.2, -0.15) is 0 Å². The Morgan fingerprint density at radius 1 is 1.10 bits per heavy atom. The smallest absolute Gasteiger partial charge is 0.269 e. The fraction of sp³-hybridized carbons (Fsp3) is 0.0769. The van der Waals surface area contributed by atoms with Crippen LogP contribution in [-0.4, -0.2) is 13.3 Å². The molecular weight excluding hydrogens is 407 g/mol. The van der Waals surface area contributed by atoms with Crippen molar-refractivity contribution in [1.29, 1.82) is 0 Å². The second-order valence-electron chi connectivity index (χ2n) is 4.26. The highest BCUT2D eigenvalue weighted by Gasteiger charge is 2.14. The summed E-state index contributed by atoms with van der Waals surface area (Å²) in [6, 6.07) is 12.5. The molecule has 0 aliphatic rings. The van der Waals surface area contributed by atoms with Crippen molar-refractivity contribution in [3.63, 3.8) is 0 Å². The number of nitrogens with one attached hydrogen (secondary N) is 1. The van der Waals surface area contributed by atoms with E-state index in [1.165, 1.54) is 24.3 Å². The van der Waals surface area contributed by atoms with E-state index in [2.05, 4.69) is 4.72 Å². The minimum atomic E-state index is -3.57. The van der Waals surface area contributed by atoms with Crippen LogP contribution >= 0.6 is 22.6 Å². The van der Waals surface area contributed by atoms with Gasteiger partial charge in [-0.05, 0) is 40.3 Å². The van der Waals surface area contributed by atoms with Crippen molar-refractivity contribution in [3.8, 4) is 0 Å². The normalized spacial score (nSPS) is 11.1. The third-order valence-electron chi connectivity index (χ3n) is 2.64. The highest BCUT2D eigenvalue weighted by Crippen LogP contribution is 2.20. The van der Waals surface area contributed by atoms with Crippen LogP contribution in [0.3, 0.4) is 0 Å². The van der Waals surface area contributed by atoms with Crippen LogP contribution in [-0.2, 0) is 15.8 Å². The molecule has 0 amide bonds. The first-order valence-electron chi connectivity index (χ1n) is 5.86. The highest BCUT2D eigenvalue weighted by molar-refractivity contribution is 14.1. The molecule has 1 N–H and O–H groups in total. The predicted octanol–water partition coefficient (Wildman–Crippen LogP) is 3.14. The summed E-state index contributed by atoms with van der Waals surface area (Å²) < 4.78 is 27.5. The largest absolute Gasteiger partial charge is 0.282 e. The van der Waals surface area contributed by atoms with Crippen molar-refractivity contribution in [2.24, 2.45) is 0 Å². The molecule has 0 atom stereocenters. The first-order chi connectivity index (χ1) is 9.87. The maximum absolute atomic E-state index is 12.1. The molecule has 0 aromatic heterocycles. The Bertz CT molecular complexity index is 760. The minimum Gasteiger partial charge on any atom is -0.282 e. The Kier molecular flexibility index (Phi) is 4.78. The van der Waals surface area contributed by atoms with E-state index in [1.807, 2.05) is 28.7 Å². The number of hydrogen-bond donors (Lipinski definition) is 1. The molecule has 0 aliphatic carbocycles. The summed E-state index contributed by atoms with van der Waals surface area (Å²) in [5.74, 6) is -0.240. The van der Waals surface area contributed by atoms with E-state index in [-0.39, 0.29) is 11.4 Å². The Labute approximate surface area is 135 Å². The average molecular weight is 418 g/mol. The van der Waals surface area contributed by atoms with Crippen molar-refractivity contribution < 1.29 is 13.3 Å². The zero-order valence-corrected chi connectivity index (χ0v) is 13.7. The number of nitro groups is 1. The number of sulfonamides is 1. The standard InChI is InChI=1S/C13H11IN2O4S/c14-12-3-1-2-4-13(12)15-21(19,20)9-10-5-7-11(8-6-10)16(17)18/h1-8,15H,9H2. The maximum Gasteiger partial charge on any atom is 0.269 e. The van der Waals surface area contributed by atoms with Crippen molar-refractivity contribution >= 4 is 44.0 Å².